The van der Waals surface area contributed by atoms with E-state index in [9.17, 15) is 13.6 Å². The van der Waals surface area contributed by atoms with Crippen molar-refractivity contribution in [3.05, 3.63) is 17.5 Å². The lowest BCUT2D eigenvalue weighted by atomic mass is 10.1. The molecule has 5 nitrogen and oxygen atoms in total. The number of pyridine rings is 1. The van der Waals surface area contributed by atoms with Gasteiger partial charge < -0.3 is 14.2 Å². The molecule has 17 heavy (non-hydrogen) atoms. The maximum absolute atomic E-state index is 12.7. The number of methoxy groups -OCH3 is 3. The van der Waals surface area contributed by atoms with Crippen LogP contribution in [0.25, 0.3) is 0 Å². The molecular formula is C10H11F2NO4. The molecule has 0 saturated carbocycles. The monoisotopic (exact) mass is 247 g/mol. The number of ether oxygens (including phenoxy) is 3. The number of nitrogens with zero attached hydrogens (tertiary/aromatic N) is 1. The van der Waals surface area contributed by atoms with Crippen LogP contribution in [0.5, 0.6) is 11.5 Å². The van der Waals surface area contributed by atoms with E-state index in [-0.39, 0.29) is 11.5 Å². The molecular weight excluding hydrogens is 236 g/mol. The van der Waals surface area contributed by atoms with E-state index in [1.54, 1.807) is 0 Å². The fourth-order valence-electron chi connectivity index (χ4n) is 1.30. The van der Waals surface area contributed by atoms with Gasteiger partial charge >= 0.3 is 5.97 Å². The van der Waals surface area contributed by atoms with E-state index in [2.05, 4.69) is 9.72 Å². The van der Waals surface area contributed by atoms with Crippen molar-refractivity contribution in [3.8, 4) is 11.5 Å². The summed E-state index contributed by atoms with van der Waals surface area (Å²) in [6.45, 7) is 0. The number of carbonyl (C=O) groups excluding carboxylic acids is 1. The highest BCUT2D eigenvalue weighted by atomic mass is 19.3. The molecule has 1 aromatic rings. The van der Waals surface area contributed by atoms with Crippen LogP contribution < -0.4 is 9.47 Å². The van der Waals surface area contributed by atoms with Crippen molar-refractivity contribution < 1.29 is 27.8 Å². The Bertz CT molecular complexity index is 423. The average molecular weight is 247 g/mol. The van der Waals surface area contributed by atoms with Gasteiger partial charge in [-0.25, -0.2) is 13.6 Å². The van der Waals surface area contributed by atoms with Gasteiger partial charge in [0.1, 0.15) is 11.3 Å². The van der Waals surface area contributed by atoms with E-state index >= 15 is 0 Å². The maximum Gasteiger partial charge on any atom is 0.343 e. The number of halogens is 2. The molecule has 1 heterocycles. The molecule has 7 heteroatoms. The number of aromatic nitrogens is 1. The largest absolute Gasteiger partial charge is 0.492 e. The van der Waals surface area contributed by atoms with E-state index < -0.39 is 23.7 Å². The van der Waals surface area contributed by atoms with Gasteiger partial charge in [-0.2, -0.15) is 0 Å². The summed E-state index contributed by atoms with van der Waals surface area (Å²) in [4.78, 5) is 14.9. The standard InChI is InChI=1S/C10H11F2NO4/c1-15-5-4-13-7(9(11)12)6(8(5)16-2)10(14)17-3/h4,9H,1-3H3. The first kappa shape index (κ1) is 13.1. The summed E-state index contributed by atoms with van der Waals surface area (Å²) >= 11 is 0. The van der Waals surface area contributed by atoms with Gasteiger partial charge in [0.25, 0.3) is 6.43 Å². The lowest BCUT2D eigenvalue weighted by Crippen LogP contribution is -2.11. The molecule has 0 unspecified atom stereocenters. The number of hydrogen-bond donors (Lipinski definition) is 0. The topological polar surface area (TPSA) is 57.7 Å². The van der Waals surface area contributed by atoms with Gasteiger partial charge in [-0.1, -0.05) is 0 Å². The van der Waals surface area contributed by atoms with Crippen molar-refractivity contribution in [2.24, 2.45) is 0 Å². The second-order valence-electron chi connectivity index (χ2n) is 2.91. The normalized spacial score (nSPS) is 10.2. The highest BCUT2D eigenvalue weighted by Crippen LogP contribution is 2.35. The van der Waals surface area contributed by atoms with Crippen LogP contribution in [-0.2, 0) is 4.74 Å². The Labute approximate surface area is 96.3 Å². The summed E-state index contributed by atoms with van der Waals surface area (Å²) in [6, 6.07) is 0. The van der Waals surface area contributed by atoms with E-state index in [0.29, 0.717) is 0 Å². The third-order valence-electron chi connectivity index (χ3n) is 2.05. The van der Waals surface area contributed by atoms with Gasteiger partial charge in [0, 0.05) is 0 Å². The van der Waals surface area contributed by atoms with Crippen molar-refractivity contribution in [2.45, 2.75) is 6.43 Å². The second kappa shape index (κ2) is 5.42. The molecule has 0 amide bonds. The quantitative estimate of drug-likeness (QED) is 0.759. The van der Waals surface area contributed by atoms with E-state index in [0.717, 1.165) is 13.3 Å². The van der Waals surface area contributed by atoms with Crippen LogP contribution in [0.15, 0.2) is 6.20 Å². The lowest BCUT2D eigenvalue weighted by Gasteiger charge is -2.13. The average Bonchev–Trinajstić information content (AvgIpc) is 2.35. The second-order valence-corrected chi connectivity index (χ2v) is 2.91. The number of rotatable bonds is 4. The molecule has 1 aromatic heterocycles. The molecule has 0 fully saturated rings. The fourth-order valence-corrected chi connectivity index (χ4v) is 1.30. The number of hydrogen-bond acceptors (Lipinski definition) is 5. The van der Waals surface area contributed by atoms with Crippen LogP contribution in [0.1, 0.15) is 22.5 Å². The SMILES string of the molecule is COC(=O)c1c(C(F)F)ncc(OC)c1OC. The van der Waals surface area contributed by atoms with Crippen LogP contribution in [0.4, 0.5) is 8.78 Å². The van der Waals surface area contributed by atoms with Crippen LogP contribution in [0.3, 0.4) is 0 Å². The molecule has 0 spiro atoms. The Kier molecular flexibility index (Phi) is 4.19. The minimum Gasteiger partial charge on any atom is -0.492 e. The Balaban J connectivity index is 3.50. The number of carbonyl (C=O) groups is 1. The van der Waals surface area contributed by atoms with Crippen molar-refractivity contribution in [2.75, 3.05) is 21.3 Å². The molecule has 94 valence electrons. The van der Waals surface area contributed by atoms with Crippen LogP contribution in [-0.4, -0.2) is 32.3 Å². The molecule has 0 aliphatic carbocycles. The van der Waals surface area contributed by atoms with E-state index in [4.69, 9.17) is 9.47 Å². The summed E-state index contributed by atoms with van der Waals surface area (Å²) < 4.78 is 39.6. The van der Waals surface area contributed by atoms with Crippen LogP contribution in [0.2, 0.25) is 0 Å². The molecule has 1 rings (SSSR count). The Morgan fingerprint density at radius 3 is 2.35 bits per heavy atom. The molecule has 0 saturated heterocycles. The highest BCUT2D eigenvalue weighted by molar-refractivity contribution is 5.94. The molecule has 0 bridgehead atoms. The molecule has 0 aromatic carbocycles. The fraction of sp³-hybridized carbons (Fsp3) is 0.400. The number of esters is 1. The third kappa shape index (κ3) is 2.43. The first-order valence-corrected chi connectivity index (χ1v) is 4.54. The minimum absolute atomic E-state index is 0.0808. The Hall–Kier alpha value is -1.92. The van der Waals surface area contributed by atoms with Gasteiger partial charge in [-0.05, 0) is 0 Å². The predicted octanol–water partition coefficient (Wildman–Crippen LogP) is 1.82. The van der Waals surface area contributed by atoms with E-state index in [1.165, 1.54) is 14.2 Å². The zero-order chi connectivity index (χ0) is 13.0. The molecule has 0 atom stereocenters. The Morgan fingerprint density at radius 2 is 1.94 bits per heavy atom. The highest BCUT2D eigenvalue weighted by Gasteiger charge is 2.28. The maximum atomic E-state index is 12.7. The summed E-state index contributed by atoms with van der Waals surface area (Å²) in [5.41, 5.74) is -1.13. The van der Waals surface area contributed by atoms with Crippen molar-refractivity contribution >= 4 is 5.97 Å². The lowest BCUT2D eigenvalue weighted by molar-refractivity contribution is 0.0581. The summed E-state index contributed by atoms with van der Waals surface area (Å²) in [7, 11) is 3.62. The predicted molar refractivity (Wildman–Crippen MR) is 53.6 cm³/mol. The van der Waals surface area contributed by atoms with Crippen molar-refractivity contribution in [3.63, 3.8) is 0 Å². The van der Waals surface area contributed by atoms with Gasteiger partial charge in [0.2, 0.25) is 0 Å². The number of alkyl halides is 2. The minimum atomic E-state index is -2.91. The zero-order valence-corrected chi connectivity index (χ0v) is 9.49. The zero-order valence-electron chi connectivity index (χ0n) is 9.49. The van der Waals surface area contributed by atoms with Crippen LogP contribution in [0, 0.1) is 0 Å². The first-order valence-electron chi connectivity index (χ1n) is 4.54. The van der Waals surface area contributed by atoms with Crippen molar-refractivity contribution in [1.29, 1.82) is 0 Å². The van der Waals surface area contributed by atoms with Gasteiger partial charge in [-0.3, -0.25) is 4.98 Å². The first-order chi connectivity index (χ1) is 8.06. The van der Waals surface area contributed by atoms with Gasteiger partial charge in [0.15, 0.2) is 11.5 Å². The molecule has 0 radical (unpaired) electrons. The molecule has 0 N–H and O–H groups in total. The molecule has 0 aliphatic heterocycles. The van der Waals surface area contributed by atoms with Crippen LogP contribution >= 0.6 is 0 Å². The van der Waals surface area contributed by atoms with Gasteiger partial charge in [-0.15, -0.1) is 0 Å². The van der Waals surface area contributed by atoms with Crippen molar-refractivity contribution in [1.82, 2.24) is 4.98 Å². The molecule has 0 aliphatic rings. The smallest absolute Gasteiger partial charge is 0.343 e. The summed E-state index contributed by atoms with van der Waals surface area (Å²) in [5, 5.41) is 0. The Morgan fingerprint density at radius 1 is 1.29 bits per heavy atom. The van der Waals surface area contributed by atoms with E-state index in [1.807, 2.05) is 0 Å². The van der Waals surface area contributed by atoms with Gasteiger partial charge in [0.05, 0.1) is 27.5 Å². The summed E-state index contributed by atoms with van der Waals surface area (Å²) in [6.07, 6.45) is -1.85. The third-order valence-corrected chi connectivity index (χ3v) is 2.05. The summed E-state index contributed by atoms with van der Waals surface area (Å²) in [5.74, 6) is -0.995.